The molecule has 1 saturated heterocycles. The smallest absolute Gasteiger partial charge is 0.161 e. The van der Waals surface area contributed by atoms with E-state index >= 15 is 0 Å². The summed E-state index contributed by atoms with van der Waals surface area (Å²) in [5.74, 6) is 1.38. The molecule has 0 spiro atoms. The normalized spacial score (nSPS) is 16.1. The number of ether oxygens (including phenoxy) is 2. The molecule has 0 saturated carbocycles. The van der Waals surface area contributed by atoms with Crippen LogP contribution in [0.1, 0.15) is 42.4 Å². The summed E-state index contributed by atoms with van der Waals surface area (Å²) in [5, 5.41) is 13.9. The molecule has 0 bridgehead atoms. The molecule has 1 aliphatic heterocycles. The Kier molecular flexibility index (Phi) is 9.00. The van der Waals surface area contributed by atoms with Gasteiger partial charge in [0.15, 0.2) is 11.5 Å². The van der Waals surface area contributed by atoms with Gasteiger partial charge in [-0.15, -0.1) is 0 Å². The Morgan fingerprint density at radius 3 is 2.40 bits per heavy atom. The largest absolute Gasteiger partial charge is 0.493 e. The number of nitrogens with one attached hydrogen (secondary N) is 1. The third kappa shape index (κ3) is 7.31. The molecule has 1 fully saturated rings. The number of hydrogen-bond donors (Lipinski definition) is 2. The maximum atomic E-state index is 10.4. The van der Waals surface area contributed by atoms with Gasteiger partial charge in [-0.05, 0) is 56.1 Å². The van der Waals surface area contributed by atoms with Crippen molar-refractivity contribution in [2.75, 3.05) is 33.4 Å². The molecule has 0 amide bonds. The van der Waals surface area contributed by atoms with Crippen LogP contribution in [0.25, 0.3) is 0 Å². The first kappa shape index (κ1) is 22.6. The third-order valence-corrected chi connectivity index (χ3v) is 5.57. The second-order valence-corrected chi connectivity index (χ2v) is 8.26. The van der Waals surface area contributed by atoms with E-state index in [2.05, 4.69) is 41.4 Å². The van der Waals surface area contributed by atoms with Crippen LogP contribution in [0.2, 0.25) is 0 Å². The highest BCUT2D eigenvalue weighted by Crippen LogP contribution is 2.28. The van der Waals surface area contributed by atoms with E-state index in [4.69, 9.17) is 9.47 Å². The second kappa shape index (κ2) is 11.9. The van der Waals surface area contributed by atoms with Crippen molar-refractivity contribution < 1.29 is 14.6 Å². The molecular formula is C25H36N2O3. The van der Waals surface area contributed by atoms with E-state index in [0.29, 0.717) is 18.0 Å². The first-order valence-corrected chi connectivity index (χ1v) is 11.1. The highest BCUT2D eigenvalue weighted by atomic mass is 16.5. The Hall–Kier alpha value is -2.08. The van der Waals surface area contributed by atoms with Gasteiger partial charge in [-0.3, -0.25) is 0 Å². The van der Waals surface area contributed by atoms with Gasteiger partial charge in [0.2, 0.25) is 0 Å². The lowest BCUT2D eigenvalue weighted by atomic mass is 10.1. The molecule has 5 heteroatoms. The molecule has 30 heavy (non-hydrogen) atoms. The fourth-order valence-electron chi connectivity index (χ4n) is 3.97. The minimum atomic E-state index is -0.497. The van der Waals surface area contributed by atoms with Crippen LogP contribution in [0.5, 0.6) is 11.5 Å². The average molecular weight is 413 g/mol. The van der Waals surface area contributed by atoms with Crippen molar-refractivity contribution in [3.8, 4) is 11.5 Å². The van der Waals surface area contributed by atoms with E-state index in [1.807, 2.05) is 18.2 Å². The topological polar surface area (TPSA) is 54.0 Å². The van der Waals surface area contributed by atoms with Crippen LogP contribution < -0.4 is 14.8 Å². The quantitative estimate of drug-likeness (QED) is 0.620. The van der Waals surface area contributed by atoms with Gasteiger partial charge in [0.1, 0.15) is 12.7 Å². The number of benzene rings is 2. The first-order valence-electron chi connectivity index (χ1n) is 11.1. The number of methoxy groups -OCH3 is 1. The van der Waals surface area contributed by atoms with Gasteiger partial charge in [0.05, 0.1) is 7.11 Å². The predicted molar refractivity (Wildman–Crippen MR) is 121 cm³/mol. The van der Waals surface area contributed by atoms with Crippen molar-refractivity contribution in [1.82, 2.24) is 10.2 Å². The number of hydrogen-bond acceptors (Lipinski definition) is 5. The summed E-state index contributed by atoms with van der Waals surface area (Å²) in [7, 11) is 1.65. The molecule has 0 unspecified atom stereocenters. The molecule has 164 valence electrons. The molecule has 2 aromatic carbocycles. The fourth-order valence-corrected chi connectivity index (χ4v) is 3.97. The summed E-state index contributed by atoms with van der Waals surface area (Å²) in [6.45, 7) is 6.78. The highest BCUT2D eigenvalue weighted by molar-refractivity contribution is 5.43. The summed E-state index contributed by atoms with van der Waals surface area (Å²) in [4.78, 5) is 2.35. The van der Waals surface area contributed by atoms with E-state index in [-0.39, 0.29) is 6.61 Å². The van der Waals surface area contributed by atoms with Crippen molar-refractivity contribution in [1.29, 1.82) is 0 Å². The number of β-amino-alcohol motifs (C(OH)–C–C–N with tert-alkyl or cyclic N) is 1. The molecular weight excluding hydrogens is 376 g/mol. The SMILES string of the molecule is COc1cc(CNCc2cccc(C)c2)ccc1OC[C@@H](O)CN1CCCCCC1. The molecule has 2 aromatic rings. The van der Waals surface area contributed by atoms with E-state index in [1.165, 1.54) is 36.8 Å². The van der Waals surface area contributed by atoms with Crippen LogP contribution in [0, 0.1) is 6.92 Å². The summed E-state index contributed by atoms with van der Waals surface area (Å²) < 4.78 is 11.4. The van der Waals surface area contributed by atoms with E-state index in [0.717, 1.165) is 31.7 Å². The fraction of sp³-hybridized carbons (Fsp3) is 0.520. The van der Waals surface area contributed by atoms with E-state index < -0.39 is 6.10 Å². The number of rotatable bonds is 10. The predicted octanol–water partition coefficient (Wildman–Crippen LogP) is 3.91. The Morgan fingerprint density at radius 1 is 0.967 bits per heavy atom. The molecule has 0 aliphatic carbocycles. The van der Waals surface area contributed by atoms with Gasteiger partial charge >= 0.3 is 0 Å². The van der Waals surface area contributed by atoms with Crippen LogP contribution in [0.15, 0.2) is 42.5 Å². The van der Waals surface area contributed by atoms with Gasteiger partial charge in [-0.1, -0.05) is 48.7 Å². The van der Waals surface area contributed by atoms with Crippen LogP contribution in [-0.2, 0) is 13.1 Å². The Bertz CT molecular complexity index is 773. The summed E-state index contributed by atoms with van der Waals surface area (Å²) in [6, 6.07) is 14.5. The van der Waals surface area contributed by atoms with Crippen LogP contribution in [0.3, 0.4) is 0 Å². The maximum absolute atomic E-state index is 10.4. The number of likely N-dealkylation sites (tertiary alicyclic amines) is 1. The standard InChI is InChI=1S/C25H36N2O3/c1-20-8-7-9-21(14-20)16-26-17-22-10-11-24(25(15-22)29-2)30-19-23(28)18-27-12-5-3-4-6-13-27/h7-11,14-15,23,26,28H,3-6,12-13,16-19H2,1-2H3/t23-/m0/s1. The van der Waals surface area contributed by atoms with Crippen molar-refractivity contribution in [3.05, 3.63) is 59.2 Å². The molecule has 1 aliphatic rings. The summed E-state index contributed by atoms with van der Waals surface area (Å²) in [5.41, 5.74) is 3.69. The van der Waals surface area contributed by atoms with Gasteiger partial charge < -0.3 is 24.8 Å². The first-order chi connectivity index (χ1) is 14.6. The van der Waals surface area contributed by atoms with Gasteiger partial charge in [0.25, 0.3) is 0 Å². The van der Waals surface area contributed by atoms with E-state index in [9.17, 15) is 5.11 Å². The number of aryl methyl sites for hydroxylation is 1. The number of nitrogens with zero attached hydrogens (tertiary/aromatic N) is 1. The van der Waals surface area contributed by atoms with E-state index in [1.54, 1.807) is 7.11 Å². The molecule has 0 aromatic heterocycles. The molecule has 2 N–H and O–H groups in total. The van der Waals surface area contributed by atoms with Crippen molar-refractivity contribution >= 4 is 0 Å². The second-order valence-electron chi connectivity index (χ2n) is 8.26. The van der Waals surface area contributed by atoms with Gasteiger partial charge in [-0.2, -0.15) is 0 Å². The van der Waals surface area contributed by atoms with Gasteiger partial charge in [-0.25, -0.2) is 0 Å². The monoisotopic (exact) mass is 412 g/mol. The highest BCUT2D eigenvalue weighted by Gasteiger charge is 2.15. The van der Waals surface area contributed by atoms with Crippen LogP contribution >= 0.6 is 0 Å². The maximum Gasteiger partial charge on any atom is 0.161 e. The molecule has 0 radical (unpaired) electrons. The van der Waals surface area contributed by atoms with Gasteiger partial charge in [0, 0.05) is 19.6 Å². The Labute approximate surface area is 181 Å². The van der Waals surface area contributed by atoms with Crippen molar-refractivity contribution in [2.24, 2.45) is 0 Å². The van der Waals surface area contributed by atoms with Crippen LogP contribution in [-0.4, -0.2) is 49.5 Å². The minimum absolute atomic E-state index is 0.276. The zero-order valence-electron chi connectivity index (χ0n) is 18.4. The third-order valence-electron chi connectivity index (χ3n) is 5.57. The lowest BCUT2D eigenvalue weighted by Gasteiger charge is -2.23. The lowest BCUT2D eigenvalue weighted by Crippen LogP contribution is -2.36. The Balaban J connectivity index is 1.47. The molecule has 1 atom stereocenters. The zero-order valence-corrected chi connectivity index (χ0v) is 18.4. The van der Waals surface area contributed by atoms with Crippen LogP contribution in [0.4, 0.5) is 0 Å². The molecule has 1 heterocycles. The lowest BCUT2D eigenvalue weighted by molar-refractivity contribution is 0.0683. The average Bonchev–Trinajstić information content (AvgIpc) is 3.01. The summed E-state index contributed by atoms with van der Waals surface area (Å²) >= 11 is 0. The molecule has 3 rings (SSSR count). The number of aliphatic hydroxyl groups is 1. The van der Waals surface area contributed by atoms with Crippen molar-refractivity contribution in [2.45, 2.75) is 51.8 Å². The molecule has 5 nitrogen and oxygen atoms in total. The minimum Gasteiger partial charge on any atom is -0.493 e. The van der Waals surface area contributed by atoms with Crippen molar-refractivity contribution in [3.63, 3.8) is 0 Å². The Morgan fingerprint density at radius 2 is 1.70 bits per heavy atom. The summed E-state index contributed by atoms with van der Waals surface area (Å²) in [6.07, 6.45) is 4.55. The number of aliphatic hydroxyl groups excluding tert-OH is 1. The zero-order chi connectivity index (χ0) is 21.2.